The normalized spacial score (nSPS) is 23.8. The van der Waals surface area contributed by atoms with Crippen LogP contribution in [0.25, 0.3) is 0 Å². The lowest BCUT2D eigenvalue weighted by Crippen LogP contribution is -2.39. The van der Waals surface area contributed by atoms with Crippen LogP contribution < -0.4 is 10.6 Å². The van der Waals surface area contributed by atoms with Crippen LogP contribution in [-0.4, -0.2) is 49.0 Å². The number of hydrogen-bond acceptors (Lipinski definition) is 7. The van der Waals surface area contributed by atoms with Gasteiger partial charge in [-0.15, -0.1) is 0 Å². The van der Waals surface area contributed by atoms with Gasteiger partial charge in [-0.2, -0.15) is 4.99 Å². The topological polar surface area (TPSA) is 87.6 Å². The summed E-state index contributed by atoms with van der Waals surface area (Å²) in [6.45, 7) is 16.1. The molecule has 0 aromatic carbocycles. The molecule has 8 nitrogen and oxygen atoms in total. The van der Waals surface area contributed by atoms with Gasteiger partial charge in [-0.05, 0) is 43.3 Å². The molecule has 3 atom stereocenters. The summed E-state index contributed by atoms with van der Waals surface area (Å²) in [4.78, 5) is 22.9. The molecule has 0 radical (unpaired) electrons. The van der Waals surface area contributed by atoms with Crippen molar-refractivity contribution in [2.24, 2.45) is 21.8 Å². The van der Waals surface area contributed by atoms with Crippen LogP contribution in [0, 0.1) is 11.8 Å². The maximum Gasteiger partial charge on any atom is 0.228 e. The predicted molar refractivity (Wildman–Crippen MR) is 154 cm³/mol. The summed E-state index contributed by atoms with van der Waals surface area (Å²) in [6.07, 6.45) is 14.6. The van der Waals surface area contributed by atoms with E-state index in [9.17, 15) is 4.79 Å². The highest BCUT2D eigenvalue weighted by Gasteiger charge is 2.35. The lowest BCUT2D eigenvalue weighted by molar-refractivity contribution is -0.118. The summed E-state index contributed by atoms with van der Waals surface area (Å²) in [5.41, 5.74) is 3.31. The molecule has 0 fully saturated rings. The number of ether oxygens (including phenoxy) is 2. The van der Waals surface area contributed by atoms with Crippen LogP contribution in [-0.2, 0) is 14.3 Å². The molecule has 0 bridgehead atoms. The van der Waals surface area contributed by atoms with E-state index in [1.807, 2.05) is 24.0 Å². The van der Waals surface area contributed by atoms with Crippen molar-refractivity contribution in [1.82, 2.24) is 15.5 Å². The Hall–Kier alpha value is -3.62. The molecule has 202 valence electrons. The second-order valence-electron chi connectivity index (χ2n) is 8.91. The first-order chi connectivity index (χ1) is 18.2. The lowest BCUT2D eigenvalue weighted by Gasteiger charge is -2.36. The van der Waals surface area contributed by atoms with Gasteiger partial charge in [0.25, 0.3) is 0 Å². The van der Waals surface area contributed by atoms with Crippen molar-refractivity contribution in [2.75, 3.05) is 20.3 Å². The molecule has 3 rings (SSSR count). The van der Waals surface area contributed by atoms with E-state index in [0.717, 1.165) is 17.0 Å². The minimum absolute atomic E-state index is 0.0254. The molecule has 3 aliphatic rings. The fraction of sp³-hybridized carbons (Fsp3) is 0.345. The first kappa shape index (κ1) is 28.9. The van der Waals surface area contributed by atoms with Crippen LogP contribution in [0.1, 0.15) is 27.7 Å². The number of methoxy groups -OCH3 is 1. The summed E-state index contributed by atoms with van der Waals surface area (Å²) < 4.78 is 11.6. The highest BCUT2D eigenvalue weighted by molar-refractivity contribution is 6.32. The van der Waals surface area contributed by atoms with Crippen molar-refractivity contribution in [3.8, 4) is 0 Å². The number of carbonyl (C=O) groups excluding carboxylic acids is 1. The third-order valence-electron chi connectivity index (χ3n) is 6.29. The zero-order valence-electron chi connectivity index (χ0n) is 22.6. The molecule has 0 saturated carbocycles. The number of aliphatic imine (C=N–C) groups is 2. The third-order valence-corrected chi connectivity index (χ3v) is 6.68. The monoisotopic (exact) mass is 537 g/mol. The molecular weight excluding hydrogens is 502 g/mol. The molecule has 0 spiro atoms. The second-order valence-corrected chi connectivity index (χ2v) is 9.29. The van der Waals surface area contributed by atoms with Gasteiger partial charge in [0.1, 0.15) is 11.6 Å². The zero-order chi connectivity index (χ0) is 27.8. The minimum atomic E-state index is -0.173. The van der Waals surface area contributed by atoms with Crippen molar-refractivity contribution >= 4 is 29.3 Å². The number of hydrogen-bond donors (Lipinski definition) is 2. The molecule has 0 aromatic rings. The van der Waals surface area contributed by atoms with E-state index in [0.29, 0.717) is 41.3 Å². The molecule has 0 saturated heterocycles. The number of guanidine groups is 1. The fourth-order valence-corrected chi connectivity index (χ4v) is 4.94. The Morgan fingerprint density at radius 3 is 2.71 bits per heavy atom. The number of carbonyl (C=O) groups is 1. The Bertz CT molecular complexity index is 1220. The van der Waals surface area contributed by atoms with Gasteiger partial charge in [0, 0.05) is 38.4 Å². The van der Waals surface area contributed by atoms with Gasteiger partial charge in [0.2, 0.25) is 11.9 Å². The van der Waals surface area contributed by atoms with Crippen molar-refractivity contribution < 1.29 is 14.3 Å². The quantitative estimate of drug-likeness (QED) is 0.402. The average molecular weight is 538 g/mol. The van der Waals surface area contributed by atoms with Crippen molar-refractivity contribution in [2.45, 2.75) is 33.8 Å². The number of allylic oxidation sites excluding steroid dienone is 5. The standard InChI is InChI=1S/C29H36ClN5O3/c1-8-11-12-23(19(5)32-20(6)36)33-29-31-14-13-21-15-22(17-35(9-2)28(21)34-29)26-18(4)24(37-7)16-25(27(26)30)38-10-3/h8-9,11-16,18,21,24H,1-2,10,17H2,3-7H3,(H,31,33)(H,32,36)/b12-11-,23-19-. The summed E-state index contributed by atoms with van der Waals surface area (Å²) in [5.74, 6) is 1.45. The molecule has 2 N–H and O–H groups in total. The van der Waals surface area contributed by atoms with Crippen LogP contribution in [0.4, 0.5) is 0 Å². The highest BCUT2D eigenvalue weighted by Crippen LogP contribution is 2.40. The molecule has 9 heteroatoms. The summed E-state index contributed by atoms with van der Waals surface area (Å²) in [7, 11) is 1.69. The van der Waals surface area contributed by atoms with E-state index in [1.165, 1.54) is 6.92 Å². The van der Waals surface area contributed by atoms with Gasteiger partial charge in [-0.25, -0.2) is 4.99 Å². The predicted octanol–water partition coefficient (Wildman–Crippen LogP) is 5.05. The minimum Gasteiger partial charge on any atom is -0.493 e. The molecule has 1 amide bonds. The molecule has 1 aliphatic carbocycles. The van der Waals surface area contributed by atoms with Crippen LogP contribution in [0.15, 0.2) is 105 Å². The van der Waals surface area contributed by atoms with Gasteiger partial charge in [0.15, 0.2) is 0 Å². The molecule has 38 heavy (non-hydrogen) atoms. The number of amidine groups is 1. The molecular formula is C29H36ClN5O3. The average Bonchev–Trinajstić information content (AvgIpc) is 3.09. The summed E-state index contributed by atoms with van der Waals surface area (Å²) in [6, 6.07) is 0. The number of fused-ring (bicyclic) bond motifs is 1. The number of amides is 1. The van der Waals surface area contributed by atoms with Gasteiger partial charge >= 0.3 is 0 Å². The highest BCUT2D eigenvalue weighted by atomic mass is 35.5. The summed E-state index contributed by atoms with van der Waals surface area (Å²) in [5, 5.41) is 6.62. The van der Waals surface area contributed by atoms with Crippen molar-refractivity contribution in [3.05, 3.63) is 95.3 Å². The smallest absolute Gasteiger partial charge is 0.228 e. The Labute approximate surface area is 230 Å². The van der Waals surface area contributed by atoms with Gasteiger partial charge in [-0.1, -0.05) is 56.0 Å². The largest absolute Gasteiger partial charge is 0.493 e. The van der Waals surface area contributed by atoms with Gasteiger partial charge in [0.05, 0.1) is 29.4 Å². The van der Waals surface area contributed by atoms with Crippen molar-refractivity contribution in [3.63, 3.8) is 0 Å². The van der Waals surface area contributed by atoms with Crippen LogP contribution in [0.5, 0.6) is 0 Å². The van der Waals surface area contributed by atoms with Gasteiger partial charge < -0.3 is 25.0 Å². The van der Waals surface area contributed by atoms with Gasteiger partial charge in [-0.3, -0.25) is 4.79 Å². The first-order valence-electron chi connectivity index (χ1n) is 12.5. The lowest BCUT2D eigenvalue weighted by atomic mass is 9.82. The van der Waals surface area contributed by atoms with E-state index in [1.54, 1.807) is 44.7 Å². The Kier molecular flexibility index (Phi) is 10.1. The Morgan fingerprint density at radius 2 is 2.08 bits per heavy atom. The maximum atomic E-state index is 11.6. The third kappa shape index (κ3) is 6.62. The van der Waals surface area contributed by atoms with E-state index < -0.39 is 0 Å². The molecule has 3 unspecified atom stereocenters. The van der Waals surface area contributed by atoms with E-state index in [4.69, 9.17) is 26.1 Å². The number of halogens is 1. The van der Waals surface area contributed by atoms with Crippen molar-refractivity contribution in [1.29, 1.82) is 0 Å². The van der Waals surface area contributed by atoms with Crippen LogP contribution in [0.2, 0.25) is 0 Å². The number of nitrogens with zero attached hydrogens (tertiary/aromatic N) is 3. The SMILES string of the molecule is C=C/C=C\C(NC1=NC=CC2C=C(C3=C(Cl)C(OCC)=CC(OC)C3C)CN(C=C)C2=N1)=C(/C)NC(C)=O. The van der Waals surface area contributed by atoms with E-state index in [-0.39, 0.29) is 23.8 Å². The first-order valence-corrected chi connectivity index (χ1v) is 12.9. The Balaban J connectivity index is 2.00. The van der Waals surface area contributed by atoms with E-state index >= 15 is 0 Å². The fourth-order valence-electron chi connectivity index (χ4n) is 4.53. The van der Waals surface area contributed by atoms with Crippen LogP contribution >= 0.6 is 11.6 Å². The molecule has 0 aromatic heterocycles. The molecule has 2 heterocycles. The summed E-state index contributed by atoms with van der Waals surface area (Å²) >= 11 is 6.88. The second kappa shape index (κ2) is 13.3. The zero-order valence-corrected chi connectivity index (χ0v) is 23.4. The number of rotatable bonds is 9. The Morgan fingerprint density at radius 1 is 1.32 bits per heavy atom. The van der Waals surface area contributed by atoms with E-state index in [2.05, 4.69) is 41.8 Å². The number of nitrogens with one attached hydrogen (secondary N) is 2. The molecule has 2 aliphatic heterocycles. The maximum absolute atomic E-state index is 11.6. The van der Waals surface area contributed by atoms with Crippen LogP contribution in [0.3, 0.4) is 0 Å².